The van der Waals surface area contributed by atoms with Crippen LogP contribution in [0.4, 0.5) is 11.4 Å². The number of para-hydroxylation sites is 1. The zero-order chi connectivity index (χ0) is 21.6. The summed E-state index contributed by atoms with van der Waals surface area (Å²) in [5, 5.41) is 0.657. The minimum atomic E-state index is -3.77. The number of sulfonamides is 1. The fraction of sp³-hybridized carbons (Fsp3) is 0.381. The van der Waals surface area contributed by atoms with Crippen molar-refractivity contribution in [2.45, 2.75) is 31.2 Å². The van der Waals surface area contributed by atoms with E-state index in [0.717, 1.165) is 11.3 Å². The molecule has 0 aliphatic carbocycles. The van der Waals surface area contributed by atoms with Crippen LogP contribution in [0.2, 0.25) is 5.02 Å². The Morgan fingerprint density at radius 1 is 1.13 bits per heavy atom. The summed E-state index contributed by atoms with van der Waals surface area (Å²) in [7, 11) is -3.77. The molecule has 0 aromatic heterocycles. The molecule has 9 heteroatoms. The lowest BCUT2D eigenvalue weighted by molar-refractivity contribution is -0.116. The number of rotatable bonds is 3. The molecule has 2 aromatic rings. The zero-order valence-corrected chi connectivity index (χ0v) is 20.0. The van der Waals surface area contributed by atoms with E-state index in [4.69, 9.17) is 11.6 Å². The highest BCUT2D eigenvalue weighted by molar-refractivity contribution is 9.10. The third kappa shape index (κ3) is 3.75. The quantitative estimate of drug-likeness (QED) is 0.626. The predicted octanol–water partition coefficient (Wildman–Crippen LogP) is 3.91. The number of benzene rings is 2. The lowest BCUT2D eigenvalue weighted by Crippen LogP contribution is -2.49. The maximum absolute atomic E-state index is 13.6. The Morgan fingerprint density at radius 2 is 1.80 bits per heavy atom. The van der Waals surface area contributed by atoms with Gasteiger partial charge >= 0.3 is 0 Å². The Balaban J connectivity index is 1.65. The van der Waals surface area contributed by atoms with Crippen LogP contribution in [-0.4, -0.2) is 50.9 Å². The van der Waals surface area contributed by atoms with Crippen LogP contribution in [-0.2, 0) is 21.2 Å². The lowest BCUT2D eigenvalue weighted by atomic mass is 10.1. The van der Waals surface area contributed by atoms with Gasteiger partial charge in [-0.15, -0.1) is 0 Å². The Hall–Kier alpha value is -1.61. The van der Waals surface area contributed by atoms with Gasteiger partial charge in [0.15, 0.2) is 0 Å². The number of amides is 1. The monoisotopic (exact) mass is 511 g/mol. The Labute approximate surface area is 190 Å². The van der Waals surface area contributed by atoms with E-state index in [9.17, 15) is 13.2 Å². The first-order chi connectivity index (χ1) is 14.2. The van der Waals surface area contributed by atoms with Crippen LogP contribution in [0.5, 0.6) is 0 Å². The maximum atomic E-state index is 13.6. The molecule has 1 unspecified atom stereocenters. The van der Waals surface area contributed by atoms with Gasteiger partial charge in [0.1, 0.15) is 4.90 Å². The summed E-state index contributed by atoms with van der Waals surface area (Å²) >= 11 is 9.75. The van der Waals surface area contributed by atoms with E-state index < -0.39 is 10.0 Å². The van der Waals surface area contributed by atoms with E-state index in [-0.39, 0.29) is 16.8 Å². The van der Waals surface area contributed by atoms with Crippen LogP contribution in [0.1, 0.15) is 19.4 Å². The first kappa shape index (κ1) is 21.6. The molecule has 2 aromatic carbocycles. The molecule has 1 atom stereocenters. The van der Waals surface area contributed by atoms with Crippen molar-refractivity contribution in [3.63, 3.8) is 0 Å². The van der Waals surface area contributed by atoms with Gasteiger partial charge in [-0.1, -0.05) is 39.7 Å². The highest BCUT2D eigenvalue weighted by Crippen LogP contribution is 2.41. The van der Waals surface area contributed by atoms with E-state index in [0.29, 0.717) is 47.8 Å². The van der Waals surface area contributed by atoms with E-state index >= 15 is 0 Å². The van der Waals surface area contributed by atoms with Crippen LogP contribution < -0.4 is 9.80 Å². The van der Waals surface area contributed by atoms with Crippen molar-refractivity contribution in [2.24, 2.45) is 0 Å². The van der Waals surface area contributed by atoms with Crippen molar-refractivity contribution in [2.75, 3.05) is 36.0 Å². The molecule has 0 bridgehead atoms. The molecule has 0 radical (unpaired) electrons. The number of hydrogen-bond acceptors (Lipinski definition) is 4. The Bertz CT molecular complexity index is 1100. The largest absolute Gasteiger partial charge is 0.368 e. The molecule has 0 spiro atoms. The number of carbonyl (C=O) groups excluding carboxylic acids is 1. The summed E-state index contributed by atoms with van der Waals surface area (Å²) in [6, 6.07) is 11.0. The average Bonchev–Trinajstić information content (AvgIpc) is 3.03. The number of carbonyl (C=O) groups is 1. The topological polar surface area (TPSA) is 60.9 Å². The number of anilines is 2. The molecule has 6 nitrogen and oxygen atoms in total. The Kier molecular flexibility index (Phi) is 5.87. The molecule has 2 heterocycles. The third-order valence-electron chi connectivity index (χ3n) is 5.70. The highest BCUT2D eigenvalue weighted by Gasteiger charge is 2.38. The second kappa shape index (κ2) is 8.15. The molecule has 2 aliphatic rings. The standard InChI is InChI=1S/C21H23BrClN3O3S/c1-14-11-16-12-17(22)13-20(21(16)26(14)15(2)27)30(28,29)25-9-7-24(8-10-25)19-6-4-3-5-18(19)23/h3-6,12-14H,7-11H2,1-2H3. The average molecular weight is 513 g/mol. The highest BCUT2D eigenvalue weighted by atomic mass is 79.9. The number of halogens is 2. The van der Waals surface area contributed by atoms with Crippen molar-refractivity contribution in [3.8, 4) is 0 Å². The molecule has 0 N–H and O–H groups in total. The van der Waals surface area contributed by atoms with E-state index in [2.05, 4.69) is 20.8 Å². The van der Waals surface area contributed by atoms with E-state index in [1.165, 1.54) is 11.2 Å². The molecule has 4 rings (SSSR count). The fourth-order valence-electron chi connectivity index (χ4n) is 4.37. The van der Waals surface area contributed by atoms with Crippen molar-refractivity contribution in [3.05, 3.63) is 51.5 Å². The van der Waals surface area contributed by atoms with Gasteiger partial charge in [-0.05, 0) is 43.2 Å². The first-order valence-electron chi connectivity index (χ1n) is 9.82. The summed E-state index contributed by atoms with van der Waals surface area (Å²) in [6.45, 7) is 5.22. The van der Waals surface area contributed by atoms with Gasteiger partial charge in [0.2, 0.25) is 15.9 Å². The molecular formula is C21H23BrClN3O3S. The van der Waals surface area contributed by atoms with Crippen LogP contribution in [0, 0.1) is 0 Å². The van der Waals surface area contributed by atoms with Gasteiger partial charge in [-0.25, -0.2) is 8.42 Å². The molecule has 1 saturated heterocycles. The zero-order valence-electron chi connectivity index (χ0n) is 16.8. The molecule has 30 heavy (non-hydrogen) atoms. The SMILES string of the molecule is CC(=O)N1c2c(cc(Br)cc2S(=O)(=O)N2CCN(c3ccccc3Cl)CC2)CC1C. The van der Waals surface area contributed by atoms with Gasteiger partial charge in [0.05, 0.1) is 16.4 Å². The van der Waals surface area contributed by atoms with Crippen LogP contribution >= 0.6 is 27.5 Å². The summed E-state index contributed by atoms with van der Waals surface area (Å²) < 4.78 is 29.4. The third-order valence-corrected chi connectivity index (χ3v) is 8.39. The van der Waals surface area contributed by atoms with Crippen molar-refractivity contribution < 1.29 is 13.2 Å². The molecule has 0 saturated carbocycles. The molecule has 1 amide bonds. The molecule has 160 valence electrons. The van der Waals surface area contributed by atoms with Crippen LogP contribution in [0.3, 0.4) is 0 Å². The number of fused-ring (bicyclic) bond motifs is 1. The predicted molar refractivity (Wildman–Crippen MR) is 123 cm³/mol. The van der Waals surface area contributed by atoms with Crippen LogP contribution in [0.15, 0.2) is 45.8 Å². The van der Waals surface area contributed by atoms with Gasteiger partial charge in [0.25, 0.3) is 0 Å². The molecule has 1 fully saturated rings. The second-order valence-corrected chi connectivity index (χ2v) is 10.9. The van der Waals surface area contributed by atoms with Crippen LogP contribution in [0.25, 0.3) is 0 Å². The second-order valence-electron chi connectivity index (χ2n) is 7.70. The number of hydrogen-bond donors (Lipinski definition) is 0. The van der Waals surface area contributed by atoms with Crippen molar-refractivity contribution in [1.29, 1.82) is 0 Å². The summed E-state index contributed by atoms with van der Waals surface area (Å²) in [5.74, 6) is -0.149. The maximum Gasteiger partial charge on any atom is 0.245 e. The minimum Gasteiger partial charge on any atom is -0.368 e. The van der Waals surface area contributed by atoms with Gasteiger partial charge in [0, 0.05) is 43.6 Å². The summed E-state index contributed by atoms with van der Waals surface area (Å²) in [5.41, 5.74) is 2.31. The lowest BCUT2D eigenvalue weighted by Gasteiger charge is -2.36. The van der Waals surface area contributed by atoms with E-state index in [1.807, 2.05) is 37.3 Å². The number of nitrogens with zero attached hydrogens (tertiary/aromatic N) is 3. The fourth-order valence-corrected chi connectivity index (χ4v) is 6.95. The summed E-state index contributed by atoms with van der Waals surface area (Å²) in [4.78, 5) is 16.2. The Morgan fingerprint density at radius 3 is 2.43 bits per heavy atom. The smallest absolute Gasteiger partial charge is 0.245 e. The number of piperazine rings is 1. The van der Waals surface area contributed by atoms with Gasteiger partial charge in [-0.3, -0.25) is 4.79 Å². The van der Waals surface area contributed by atoms with E-state index in [1.54, 1.807) is 11.0 Å². The van der Waals surface area contributed by atoms with Gasteiger partial charge in [-0.2, -0.15) is 4.31 Å². The van der Waals surface area contributed by atoms with Gasteiger partial charge < -0.3 is 9.80 Å². The van der Waals surface area contributed by atoms with Crippen molar-refractivity contribution in [1.82, 2.24) is 4.31 Å². The van der Waals surface area contributed by atoms with Crippen molar-refractivity contribution >= 4 is 54.8 Å². The normalized spacial score (nSPS) is 19.8. The first-order valence-corrected chi connectivity index (χ1v) is 12.4. The minimum absolute atomic E-state index is 0.0715. The summed E-state index contributed by atoms with van der Waals surface area (Å²) in [6.07, 6.45) is 0.636. The molecular weight excluding hydrogens is 490 g/mol. The molecule has 2 aliphatic heterocycles.